The largest absolute Gasteiger partial charge is 0.425 e. The SMILES string of the molecule is O=C=NC1(c2ccc3sc(C(F)(F)F)cc3c2)CCC1. The van der Waals surface area contributed by atoms with E-state index in [9.17, 15) is 18.0 Å². The molecule has 104 valence electrons. The van der Waals surface area contributed by atoms with Crippen molar-refractivity contribution in [3.8, 4) is 0 Å². The molecule has 1 aromatic carbocycles. The average molecular weight is 297 g/mol. The topological polar surface area (TPSA) is 29.4 Å². The standard InChI is InChI=1S/C14H10F3NOS/c15-14(16,17)12-7-9-6-10(2-3-11(9)20-12)13(18-8-19)4-1-5-13/h2-3,6-7H,1,4-5H2. The predicted octanol–water partition coefficient (Wildman–Crippen LogP) is 4.64. The third-order valence-corrected chi connectivity index (χ3v) is 4.93. The molecule has 6 heteroatoms. The number of halogens is 3. The highest BCUT2D eigenvalue weighted by molar-refractivity contribution is 7.19. The minimum absolute atomic E-state index is 0.548. The lowest BCUT2D eigenvalue weighted by Crippen LogP contribution is -2.31. The zero-order valence-corrected chi connectivity index (χ0v) is 11.1. The van der Waals surface area contributed by atoms with Gasteiger partial charge in [-0.3, -0.25) is 0 Å². The Kier molecular flexibility index (Phi) is 2.96. The number of hydrogen-bond donors (Lipinski definition) is 0. The maximum Gasteiger partial charge on any atom is 0.425 e. The highest BCUT2D eigenvalue weighted by atomic mass is 32.1. The van der Waals surface area contributed by atoms with Gasteiger partial charge in [-0.25, -0.2) is 4.79 Å². The summed E-state index contributed by atoms with van der Waals surface area (Å²) in [5.41, 5.74) is 0.224. The molecule has 0 aliphatic heterocycles. The van der Waals surface area contributed by atoms with Crippen molar-refractivity contribution in [2.24, 2.45) is 4.99 Å². The van der Waals surface area contributed by atoms with Crippen LogP contribution in [-0.2, 0) is 16.5 Å². The molecule has 1 aliphatic carbocycles. The van der Waals surface area contributed by atoms with Crippen LogP contribution >= 0.6 is 11.3 Å². The Labute approximate surface area is 116 Å². The van der Waals surface area contributed by atoms with Gasteiger partial charge in [0.25, 0.3) is 0 Å². The molecule has 2 aromatic rings. The number of isocyanates is 1. The van der Waals surface area contributed by atoms with Gasteiger partial charge in [-0.2, -0.15) is 18.2 Å². The maximum atomic E-state index is 12.7. The molecule has 1 aromatic heterocycles. The number of nitrogens with zero attached hydrogens (tertiary/aromatic N) is 1. The Bertz CT molecular complexity index is 709. The van der Waals surface area contributed by atoms with Crippen LogP contribution < -0.4 is 0 Å². The van der Waals surface area contributed by atoms with Crippen LogP contribution in [0.3, 0.4) is 0 Å². The molecule has 0 amide bonds. The van der Waals surface area contributed by atoms with Gasteiger partial charge in [0.1, 0.15) is 4.88 Å². The van der Waals surface area contributed by atoms with Crippen molar-refractivity contribution in [3.05, 3.63) is 34.7 Å². The third kappa shape index (κ3) is 2.05. The smallest absolute Gasteiger partial charge is 0.211 e. The molecule has 0 N–H and O–H groups in total. The fourth-order valence-electron chi connectivity index (χ4n) is 2.54. The molecule has 1 heterocycles. The van der Waals surface area contributed by atoms with Gasteiger partial charge in [-0.05, 0) is 48.4 Å². The fraction of sp³-hybridized carbons (Fsp3) is 0.357. The Hall–Kier alpha value is -1.65. The number of thiophene rings is 1. The zero-order valence-electron chi connectivity index (χ0n) is 10.3. The molecular formula is C14H10F3NOS. The van der Waals surface area contributed by atoms with Gasteiger partial charge in [0.05, 0.1) is 5.54 Å². The Morgan fingerprint density at radius 3 is 2.55 bits per heavy atom. The molecule has 20 heavy (non-hydrogen) atoms. The van der Waals surface area contributed by atoms with Gasteiger partial charge in [0.15, 0.2) is 0 Å². The molecule has 0 unspecified atom stereocenters. The van der Waals surface area contributed by atoms with Crippen molar-refractivity contribution in [2.45, 2.75) is 31.0 Å². The summed E-state index contributed by atoms with van der Waals surface area (Å²) < 4.78 is 38.7. The van der Waals surface area contributed by atoms with E-state index >= 15 is 0 Å². The summed E-state index contributed by atoms with van der Waals surface area (Å²) in [6.07, 6.45) is -0.297. The molecule has 1 aliphatic rings. The van der Waals surface area contributed by atoms with Gasteiger partial charge < -0.3 is 0 Å². The molecular weight excluding hydrogens is 287 g/mol. The van der Waals surface area contributed by atoms with Crippen molar-refractivity contribution in [2.75, 3.05) is 0 Å². The minimum atomic E-state index is -4.32. The van der Waals surface area contributed by atoms with Gasteiger partial charge in [0.2, 0.25) is 6.08 Å². The number of benzene rings is 1. The Morgan fingerprint density at radius 2 is 2.00 bits per heavy atom. The lowest BCUT2D eigenvalue weighted by Gasteiger charge is -2.37. The van der Waals surface area contributed by atoms with Crippen LogP contribution in [0.15, 0.2) is 29.3 Å². The van der Waals surface area contributed by atoms with Crippen molar-refractivity contribution >= 4 is 27.5 Å². The third-order valence-electron chi connectivity index (χ3n) is 3.77. The molecule has 2 nitrogen and oxygen atoms in total. The van der Waals surface area contributed by atoms with Crippen LogP contribution in [0, 0.1) is 0 Å². The summed E-state index contributed by atoms with van der Waals surface area (Å²) >= 11 is 0.730. The lowest BCUT2D eigenvalue weighted by molar-refractivity contribution is -0.134. The second-order valence-corrected chi connectivity index (χ2v) is 6.03. The number of carbonyl (C=O) groups excluding carboxylic acids is 1. The van der Waals surface area contributed by atoms with E-state index in [0.29, 0.717) is 10.1 Å². The normalized spacial score (nSPS) is 17.6. The zero-order chi connectivity index (χ0) is 14.4. The second-order valence-electron chi connectivity index (χ2n) is 4.95. The number of aliphatic imine (C=N–C) groups is 1. The quantitative estimate of drug-likeness (QED) is 0.586. The Balaban J connectivity index is 2.09. The van der Waals surface area contributed by atoms with E-state index in [1.54, 1.807) is 24.3 Å². The first-order valence-electron chi connectivity index (χ1n) is 6.15. The van der Waals surface area contributed by atoms with E-state index in [1.807, 2.05) is 0 Å². The number of fused-ring (bicyclic) bond motifs is 1. The number of hydrogen-bond acceptors (Lipinski definition) is 3. The lowest BCUT2D eigenvalue weighted by atomic mass is 9.72. The molecule has 1 saturated carbocycles. The van der Waals surface area contributed by atoms with Crippen LogP contribution in [0.1, 0.15) is 29.7 Å². The fourth-order valence-corrected chi connectivity index (χ4v) is 3.45. The first-order valence-corrected chi connectivity index (χ1v) is 6.97. The maximum absolute atomic E-state index is 12.7. The summed E-state index contributed by atoms with van der Waals surface area (Å²) in [6, 6.07) is 6.30. The van der Waals surface area contributed by atoms with E-state index in [2.05, 4.69) is 4.99 Å². The second kappa shape index (κ2) is 4.43. The summed E-state index contributed by atoms with van der Waals surface area (Å²) in [5, 5.41) is 0.548. The molecule has 3 rings (SSSR count). The van der Waals surface area contributed by atoms with E-state index in [1.165, 1.54) is 0 Å². The summed E-state index contributed by atoms with van der Waals surface area (Å²) in [4.78, 5) is 13.8. The van der Waals surface area contributed by atoms with E-state index in [-0.39, 0.29) is 0 Å². The number of alkyl halides is 3. The van der Waals surface area contributed by atoms with Crippen molar-refractivity contribution in [1.29, 1.82) is 0 Å². The van der Waals surface area contributed by atoms with Crippen molar-refractivity contribution in [3.63, 3.8) is 0 Å². The summed E-state index contributed by atoms with van der Waals surface area (Å²) in [5.74, 6) is 0. The van der Waals surface area contributed by atoms with Crippen LogP contribution in [0.4, 0.5) is 13.2 Å². The first-order chi connectivity index (χ1) is 9.44. The summed E-state index contributed by atoms with van der Waals surface area (Å²) in [6.45, 7) is 0. The highest BCUT2D eigenvalue weighted by Crippen LogP contribution is 2.46. The minimum Gasteiger partial charge on any atom is -0.211 e. The average Bonchev–Trinajstić information content (AvgIpc) is 2.76. The summed E-state index contributed by atoms with van der Waals surface area (Å²) in [7, 11) is 0. The van der Waals surface area contributed by atoms with Crippen molar-refractivity contribution in [1.82, 2.24) is 0 Å². The van der Waals surface area contributed by atoms with Gasteiger partial charge in [-0.15, -0.1) is 11.3 Å². The van der Waals surface area contributed by atoms with Crippen LogP contribution in [0.25, 0.3) is 10.1 Å². The monoisotopic (exact) mass is 297 g/mol. The van der Waals surface area contributed by atoms with E-state index < -0.39 is 16.6 Å². The molecule has 0 radical (unpaired) electrons. The molecule has 0 atom stereocenters. The van der Waals surface area contributed by atoms with E-state index in [4.69, 9.17) is 0 Å². The van der Waals surface area contributed by atoms with Gasteiger partial charge >= 0.3 is 6.18 Å². The van der Waals surface area contributed by atoms with Gasteiger partial charge in [0, 0.05) is 4.70 Å². The van der Waals surface area contributed by atoms with Crippen LogP contribution in [0.5, 0.6) is 0 Å². The van der Waals surface area contributed by atoms with Crippen molar-refractivity contribution < 1.29 is 18.0 Å². The Morgan fingerprint density at radius 1 is 1.25 bits per heavy atom. The molecule has 0 saturated heterocycles. The van der Waals surface area contributed by atoms with Gasteiger partial charge in [-0.1, -0.05) is 6.07 Å². The van der Waals surface area contributed by atoms with Crippen LogP contribution in [-0.4, -0.2) is 6.08 Å². The molecule has 1 fully saturated rings. The molecule has 0 bridgehead atoms. The number of rotatable bonds is 2. The molecule has 0 spiro atoms. The predicted molar refractivity (Wildman–Crippen MR) is 70.5 cm³/mol. The highest BCUT2D eigenvalue weighted by Gasteiger charge is 2.39. The van der Waals surface area contributed by atoms with E-state index in [0.717, 1.165) is 42.2 Å². The first kappa shape index (κ1) is 13.3. The van der Waals surface area contributed by atoms with Crippen LogP contribution in [0.2, 0.25) is 0 Å².